The number of nitrogens with one attached hydrogen (secondary N) is 1. The molecular weight excluding hydrogens is 338 g/mol. The molecule has 4 heteroatoms. The molecular formula is C16H15BrClNO. The zero-order chi connectivity index (χ0) is 14.4. The lowest BCUT2D eigenvalue weighted by Crippen LogP contribution is -2.24. The predicted molar refractivity (Wildman–Crippen MR) is 86.2 cm³/mol. The van der Waals surface area contributed by atoms with E-state index in [2.05, 4.69) is 33.4 Å². The van der Waals surface area contributed by atoms with Crippen LogP contribution in [0, 0.1) is 0 Å². The second kappa shape index (κ2) is 7.46. The highest BCUT2D eigenvalue weighted by Gasteiger charge is 2.06. The minimum Gasteiger partial charge on any atom is -0.352 e. The van der Waals surface area contributed by atoms with Gasteiger partial charge in [0.25, 0.3) is 5.91 Å². The van der Waals surface area contributed by atoms with E-state index < -0.39 is 0 Å². The molecule has 104 valence electrons. The topological polar surface area (TPSA) is 29.1 Å². The maximum absolute atomic E-state index is 12.0. The summed E-state index contributed by atoms with van der Waals surface area (Å²) in [5.41, 5.74) is 1.86. The fourth-order valence-corrected chi connectivity index (χ4v) is 2.79. The minimum absolute atomic E-state index is 0.0961. The summed E-state index contributed by atoms with van der Waals surface area (Å²) in [5, 5.41) is 3.46. The Labute approximate surface area is 132 Å². The van der Waals surface area contributed by atoms with Crippen molar-refractivity contribution >= 4 is 33.4 Å². The summed E-state index contributed by atoms with van der Waals surface area (Å²) in [7, 11) is 0. The largest absolute Gasteiger partial charge is 0.352 e. The van der Waals surface area contributed by atoms with Crippen LogP contribution in [0.3, 0.4) is 0 Å². The van der Waals surface area contributed by atoms with Gasteiger partial charge in [0.15, 0.2) is 0 Å². The third kappa shape index (κ3) is 4.66. The van der Waals surface area contributed by atoms with Gasteiger partial charge in [-0.1, -0.05) is 57.9 Å². The first-order valence-electron chi connectivity index (χ1n) is 6.43. The number of carbonyl (C=O) groups is 1. The van der Waals surface area contributed by atoms with E-state index in [0.717, 1.165) is 17.3 Å². The SMILES string of the molecule is O=C(NCCCc1ccccc1)c1cc(Cl)cc(Br)c1. The molecule has 1 N–H and O–H groups in total. The second-order valence-electron chi connectivity index (χ2n) is 4.50. The van der Waals surface area contributed by atoms with Crippen LogP contribution in [0.25, 0.3) is 0 Å². The molecule has 0 radical (unpaired) electrons. The fraction of sp³-hybridized carbons (Fsp3) is 0.188. The van der Waals surface area contributed by atoms with Crippen molar-refractivity contribution in [1.82, 2.24) is 5.32 Å². The van der Waals surface area contributed by atoms with E-state index >= 15 is 0 Å². The molecule has 0 aliphatic rings. The zero-order valence-corrected chi connectivity index (χ0v) is 13.2. The molecule has 2 nitrogen and oxygen atoms in total. The van der Waals surface area contributed by atoms with Crippen molar-refractivity contribution in [2.45, 2.75) is 12.8 Å². The quantitative estimate of drug-likeness (QED) is 0.791. The monoisotopic (exact) mass is 351 g/mol. The molecule has 0 atom stereocenters. The molecule has 1 amide bonds. The lowest BCUT2D eigenvalue weighted by molar-refractivity contribution is 0.0953. The maximum atomic E-state index is 12.0. The van der Waals surface area contributed by atoms with Crippen LogP contribution in [-0.4, -0.2) is 12.5 Å². The van der Waals surface area contributed by atoms with E-state index in [0.29, 0.717) is 17.1 Å². The van der Waals surface area contributed by atoms with Crippen LogP contribution in [0.1, 0.15) is 22.3 Å². The van der Waals surface area contributed by atoms with E-state index in [4.69, 9.17) is 11.6 Å². The lowest BCUT2D eigenvalue weighted by atomic mass is 10.1. The summed E-state index contributed by atoms with van der Waals surface area (Å²) in [4.78, 5) is 12.0. The fourth-order valence-electron chi connectivity index (χ4n) is 1.93. The first kappa shape index (κ1) is 15.1. The summed E-state index contributed by atoms with van der Waals surface area (Å²) in [6.45, 7) is 0.651. The van der Waals surface area contributed by atoms with Crippen LogP contribution in [0.2, 0.25) is 5.02 Å². The third-order valence-electron chi connectivity index (χ3n) is 2.90. The Bertz CT molecular complexity index is 566. The number of hydrogen-bond acceptors (Lipinski definition) is 1. The predicted octanol–water partition coefficient (Wildman–Crippen LogP) is 4.47. The number of carbonyl (C=O) groups excluding carboxylic acids is 1. The van der Waals surface area contributed by atoms with Gasteiger partial charge in [0.1, 0.15) is 0 Å². The highest BCUT2D eigenvalue weighted by Crippen LogP contribution is 2.19. The van der Waals surface area contributed by atoms with Gasteiger partial charge in [0.05, 0.1) is 0 Å². The Morgan fingerprint density at radius 3 is 2.60 bits per heavy atom. The Kier molecular flexibility index (Phi) is 5.62. The molecule has 20 heavy (non-hydrogen) atoms. The summed E-state index contributed by atoms with van der Waals surface area (Å²) in [5.74, 6) is -0.0961. The van der Waals surface area contributed by atoms with Gasteiger partial charge >= 0.3 is 0 Å². The Morgan fingerprint density at radius 2 is 1.90 bits per heavy atom. The number of rotatable bonds is 5. The van der Waals surface area contributed by atoms with Crippen molar-refractivity contribution in [2.75, 3.05) is 6.54 Å². The summed E-state index contributed by atoms with van der Waals surface area (Å²) < 4.78 is 0.805. The average Bonchev–Trinajstić information content (AvgIpc) is 2.43. The van der Waals surface area contributed by atoms with Gasteiger partial charge < -0.3 is 5.32 Å². The highest BCUT2D eigenvalue weighted by molar-refractivity contribution is 9.10. The summed E-state index contributed by atoms with van der Waals surface area (Å²) >= 11 is 9.25. The molecule has 0 aliphatic heterocycles. The molecule has 0 heterocycles. The minimum atomic E-state index is -0.0961. The van der Waals surface area contributed by atoms with Crippen LogP contribution in [0.4, 0.5) is 0 Å². The van der Waals surface area contributed by atoms with Gasteiger partial charge in [-0.2, -0.15) is 0 Å². The lowest BCUT2D eigenvalue weighted by Gasteiger charge is -2.06. The van der Waals surface area contributed by atoms with Crippen LogP contribution >= 0.6 is 27.5 Å². The summed E-state index contributed by atoms with van der Waals surface area (Å²) in [6, 6.07) is 15.4. The van der Waals surface area contributed by atoms with E-state index in [9.17, 15) is 4.79 Å². The van der Waals surface area contributed by atoms with Crippen molar-refractivity contribution in [1.29, 1.82) is 0 Å². The van der Waals surface area contributed by atoms with Crippen LogP contribution in [0.5, 0.6) is 0 Å². The average molecular weight is 353 g/mol. The molecule has 2 aromatic rings. The zero-order valence-electron chi connectivity index (χ0n) is 10.9. The molecule has 0 aliphatic carbocycles. The van der Waals surface area contributed by atoms with Crippen molar-refractivity contribution in [3.8, 4) is 0 Å². The van der Waals surface area contributed by atoms with Gasteiger partial charge in [0.2, 0.25) is 0 Å². The van der Waals surface area contributed by atoms with Gasteiger partial charge in [-0.05, 0) is 36.6 Å². The Hall–Kier alpha value is -1.32. The standard InChI is InChI=1S/C16H15BrClNO/c17-14-9-13(10-15(18)11-14)16(20)19-8-4-7-12-5-2-1-3-6-12/h1-3,5-6,9-11H,4,7-8H2,(H,19,20). The Morgan fingerprint density at radius 1 is 1.15 bits per heavy atom. The van der Waals surface area contributed by atoms with Gasteiger partial charge in [-0.3, -0.25) is 4.79 Å². The number of aryl methyl sites for hydroxylation is 1. The third-order valence-corrected chi connectivity index (χ3v) is 3.57. The molecule has 0 unspecified atom stereocenters. The van der Waals surface area contributed by atoms with E-state index in [-0.39, 0.29) is 5.91 Å². The number of amides is 1. The van der Waals surface area contributed by atoms with Crippen molar-refractivity contribution in [2.24, 2.45) is 0 Å². The first-order valence-corrected chi connectivity index (χ1v) is 7.60. The molecule has 0 aromatic heterocycles. The smallest absolute Gasteiger partial charge is 0.251 e. The molecule has 0 spiro atoms. The molecule has 2 aromatic carbocycles. The van der Waals surface area contributed by atoms with E-state index in [1.54, 1.807) is 18.2 Å². The molecule has 0 fully saturated rings. The number of hydrogen-bond donors (Lipinski definition) is 1. The molecule has 2 rings (SSSR count). The van der Waals surface area contributed by atoms with E-state index in [1.807, 2.05) is 18.2 Å². The molecule has 0 saturated heterocycles. The van der Waals surface area contributed by atoms with E-state index in [1.165, 1.54) is 5.56 Å². The van der Waals surface area contributed by atoms with Crippen molar-refractivity contribution < 1.29 is 4.79 Å². The first-order chi connectivity index (χ1) is 9.65. The molecule has 0 bridgehead atoms. The van der Waals surface area contributed by atoms with Gasteiger partial charge in [-0.25, -0.2) is 0 Å². The Balaban J connectivity index is 1.80. The molecule has 0 saturated carbocycles. The summed E-state index contributed by atoms with van der Waals surface area (Å²) in [6.07, 6.45) is 1.87. The van der Waals surface area contributed by atoms with Gasteiger partial charge in [0, 0.05) is 21.6 Å². The normalized spacial score (nSPS) is 10.3. The van der Waals surface area contributed by atoms with Crippen LogP contribution < -0.4 is 5.32 Å². The maximum Gasteiger partial charge on any atom is 0.251 e. The van der Waals surface area contributed by atoms with Gasteiger partial charge in [-0.15, -0.1) is 0 Å². The second-order valence-corrected chi connectivity index (χ2v) is 5.86. The van der Waals surface area contributed by atoms with Crippen molar-refractivity contribution in [3.05, 3.63) is 69.2 Å². The highest BCUT2D eigenvalue weighted by atomic mass is 79.9. The van der Waals surface area contributed by atoms with Crippen LogP contribution in [-0.2, 0) is 6.42 Å². The number of halogens is 2. The van der Waals surface area contributed by atoms with Crippen molar-refractivity contribution in [3.63, 3.8) is 0 Å². The van der Waals surface area contributed by atoms with Crippen LogP contribution in [0.15, 0.2) is 53.0 Å². The number of benzene rings is 2.